The van der Waals surface area contributed by atoms with Crippen molar-refractivity contribution in [1.82, 2.24) is 24.7 Å². The summed E-state index contributed by atoms with van der Waals surface area (Å²) < 4.78 is 1.87. The number of imidazole rings is 1. The van der Waals surface area contributed by atoms with E-state index in [0.717, 1.165) is 17.3 Å². The molecule has 0 unspecified atom stereocenters. The predicted octanol–water partition coefficient (Wildman–Crippen LogP) is 2.58. The van der Waals surface area contributed by atoms with Gasteiger partial charge >= 0.3 is 0 Å². The number of hydrogen-bond donors (Lipinski definition) is 1. The van der Waals surface area contributed by atoms with Crippen LogP contribution in [0.15, 0.2) is 12.5 Å². The zero-order chi connectivity index (χ0) is 12.1. The number of aromatic nitrogens is 5. The lowest BCUT2D eigenvalue weighted by Gasteiger charge is -2.07. The van der Waals surface area contributed by atoms with Crippen molar-refractivity contribution in [2.45, 2.75) is 40.7 Å². The molecule has 2 aromatic rings. The van der Waals surface area contributed by atoms with Gasteiger partial charge in [-0.1, -0.05) is 13.8 Å². The third-order valence-corrected chi connectivity index (χ3v) is 2.01. The summed E-state index contributed by atoms with van der Waals surface area (Å²) in [6.07, 6.45) is 3.34. The van der Waals surface area contributed by atoms with E-state index in [2.05, 4.69) is 33.9 Å². The van der Waals surface area contributed by atoms with Gasteiger partial charge in [-0.05, 0) is 20.8 Å². The van der Waals surface area contributed by atoms with Gasteiger partial charge in [0, 0.05) is 6.04 Å². The van der Waals surface area contributed by atoms with E-state index < -0.39 is 0 Å². The Bertz CT molecular complexity index is 427. The molecule has 2 aromatic heterocycles. The van der Waals surface area contributed by atoms with Gasteiger partial charge < -0.3 is 4.98 Å². The van der Waals surface area contributed by atoms with Crippen molar-refractivity contribution in [2.75, 3.05) is 0 Å². The Morgan fingerprint density at radius 3 is 2.44 bits per heavy atom. The van der Waals surface area contributed by atoms with Gasteiger partial charge in [0.05, 0.1) is 6.20 Å². The maximum absolute atomic E-state index is 4.20. The summed E-state index contributed by atoms with van der Waals surface area (Å²) in [5, 5.41) is 4.16. The van der Waals surface area contributed by atoms with Gasteiger partial charge in [-0.3, -0.25) is 0 Å². The van der Waals surface area contributed by atoms with Crippen LogP contribution >= 0.6 is 0 Å². The van der Waals surface area contributed by atoms with Crippen LogP contribution in [0.3, 0.4) is 0 Å². The lowest BCUT2D eigenvalue weighted by Crippen LogP contribution is -2.05. The number of aryl methyl sites for hydroxylation is 1. The molecular weight excluding hydrogens is 202 g/mol. The monoisotopic (exact) mass is 221 g/mol. The average molecular weight is 221 g/mol. The topological polar surface area (TPSA) is 59.4 Å². The first-order valence-corrected chi connectivity index (χ1v) is 5.60. The molecule has 0 aliphatic carbocycles. The summed E-state index contributed by atoms with van der Waals surface area (Å²) in [7, 11) is 0. The van der Waals surface area contributed by atoms with Crippen molar-refractivity contribution < 1.29 is 0 Å². The number of H-pyrrole nitrogens is 1. The van der Waals surface area contributed by atoms with Crippen molar-refractivity contribution >= 4 is 0 Å². The van der Waals surface area contributed by atoms with E-state index in [0.29, 0.717) is 6.04 Å². The number of aromatic amines is 1. The van der Waals surface area contributed by atoms with Gasteiger partial charge in [-0.25, -0.2) is 14.6 Å². The zero-order valence-corrected chi connectivity index (χ0v) is 10.5. The van der Waals surface area contributed by atoms with Gasteiger partial charge in [0.1, 0.15) is 17.8 Å². The summed E-state index contributed by atoms with van der Waals surface area (Å²) in [6, 6.07) is 0.302. The number of nitrogens with one attached hydrogen (secondary N) is 1. The molecule has 2 heterocycles. The lowest BCUT2D eigenvalue weighted by atomic mass is 10.3. The first-order valence-electron chi connectivity index (χ1n) is 5.60. The molecule has 0 saturated carbocycles. The van der Waals surface area contributed by atoms with Crippen molar-refractivity contribution in [1.29, 1.82) is 0 Å². The summed E-state index contributed by atoms with van der Waals surface area (Å²) in [5.41, 5.74) is 0.911. The van der Waals surface area contributed by atoms with Crippen LogP contribution in [-0.2, 0) is 0 Å². The van der Waals surface area contributed by atoms with Crippen LogP contribution in [0.25, 0.3) is 11.5 Å². The molecule has 5 nitrogen and oxygen atoms in total. The van der Waals surface area contributed by atoms with Gasteiger partial charge in [-0.2, -0.15) is 5.10 Å². The van der Waals surface area contributed by atoms with Crippen LogP contribution in [0, 0.1) is 6.92 Å². The Balaban J connectivity index is 0.000000606. The zero-order valence-electron chi connectivity index (χ0n) is 10.5. The van der Waals surface area contributed by atoms with E-state index in [4.69, 9.17) is 0 Å². The minimum atomic E-state index is 0.302. The second-order valence-corrected chi connectivity index (χ2v) is 3.50. The molecule has 0 aliphatic heterocycles. The third-order valence-electron chi connectivity index (χ3n) is 2.01. The quantitative estimate of drug-likeness (QED) is 0.847. The molecule has 0 fully saturated rings. The Morgan fingerprint density at radius 1 is 1.25 bits per heavy atom. The summed E-state index contributed by atoms with van der Waals surface area (Å²) in [6.45, 7) is 10.1. The molecule has 5 heteroatoms. The number of rotatable bonds is 2. The summed E-state index contributed by atoms with van der Waals surface area (Å²) in [4.78, 5) is 11.5. The Hall–Kier alpha value is -1.65. The Labute approximate surface area is 95.9 Å². The third kappa shape index (κ3) is 2.48. The fourth-order valence-electron chi connectivity index (χ4n) is 1.36. The lowest BCUT2D eigenvalue weighted by molar-refractivity contribution is 0.537. The van der Waals surface area contributed by atoms with Crippen LogP contribution in [0.5, 0.6) is 0 Å². The van der Waals surface area contributed by atoms with Crippen molar-refractivity contribution in [3.05, 3.63) is 18.3 Å². The van der Waals surface area contributed by atoms with Crippen molar-refractivity contribution in [3.8, 4) is 11.5 Å². The largest absolute Gasteiger partial charge is 0.340 e. The van der Waals surface area contributed by atoms with Crippen LogP contribution in [0.2, 0.25) is 0 Å². The molecule has 0 radical (unpaired) electrons. The van der Waals surface area contributed by atoms with Gasteiger partial charge in [0.2, 0.25) is 0 Å². The first kappa shape index (κ1) is 12.4. The molecule has 0 spiro atoms. The summed E-state index contributed by atoms with van der Waals surface area (Å²) >= 11 is 0. The second-order valence-electron chi connectivity index (χ2n) is 3.50. The molecule has 0 aromatic carbocycles. The molecule has 2 rings (SSSR count). The van der Waals surface area contributed by atoms with E-state index in [1.165, 1.54) is 0 Å². The van der Waals surface area contributed by atoms with Crippen LogP contribution < -0.4 is 0 Å². The van der Waals surface area contributed by atoms with Crippen LogP contribution in [0.1, 0.15) is 39.6 Å². The van der Waals surface area contributed by atoms with Gasteiger partial charge in [0.15, 0.2) is 5.82 Å². The number of nitrogens with zero attached hydrogens (tertiary/aromatic N) is 4. The van der Waals surface area contributed by atoms with Gasteiger partial charge in [-0.15, -0.1) is 0 Å². The van der Waals surface area contributed by atoms with E-state index in [1.807, 2.05) is 25.5 Å². The normalized spacial score (nSPS) is 10.1. The minimum Gasteiger partial charge on any atom is -0.340 e. The summed E-state index contributed by atoms with van der Waals surface area (Å²) in [5.74, 6) is 1.72. The van der Waals surface area contributed by atoms with Crippen LogP contribution in [-0.4, -0.2) is 24.7 Å². The molecule has 0 saturated heterocycles. The fraction of sp³-hybridized carbons (Fsp3) is 0.545. The standard InChI is InChI=1S/C9H13N5.C2H6/c1-6(2)14-9(11-5-12-14)8-4-10-7(3)13-8;1-2/h4-6H,1-3H3,(H,10,13);1-2H3. The highest BCUT2D eigenvalue weighted by Gasteiger charge is 2.11. The molecule has 0 amide bonds. The van der Waals surface area contributed by atoms with Crippen LogP contribution in [0.4, 0.5) is 0 Å². The molecule has 88 valence electrons. The fourth-order valence-corrected chi connectivity index (χ4v) is 1.36. The second kappa shape index (κ2) is 5.44. The molecule has 0 aliphatic rings. The molecule has 0 atom stereocenters. The molecule has 1 N–H and O–H groups in total. The minimum absolute atomic E-state index is 0.302. The van der Waals surface area contributed by atoms with Gasteiger partial charge in [0.25, 0.3) is 0 Å². The van der Waals surface area contributed by atoms with E-state index in [-0.39, 0.29) is 0 Å². The highest BCUT2D eigenvalue weighted by molar-refractivity contribution is 5.47. The smallest absolute Gasteiger partial charge is 0.176 e. The SMILES string of the molecule is CC.Cc1ncc(-c2ncnn2C(C)C)[nH]1. The van der Waals surface area contributed by atoms with Crippen molar-refractivity contribution in [3.63, 3.8) is 0 Å². The van der Waals surface area contributed by atoms with E-state index in [1.54, 1.807) is 12.5 Å². The maximum Gasteiger partial charge on any atom is 0.176 e. The Morgan fingerprint density at radius 2 is 1.94 bits per heavy atom. The average Bonchev–Trinajstić information content (AvgIpc) is 2.88. The highest BCUT2D eigenvalue weighted by atomic mass is 15.3. The van der Waals surface area contributed by atoms with E-state index in [9.17, 15) is 0 Å². The molecular formula is C11H19N5. The number of hydrogen-bond acceptors (Lipinski definition) is 3. The highest BCUT2D eigenvalue weighted by Crippen LogP contribution is 2.16. The predicted molar refractivity (Wildman–Crippen MR) is 64.1 cm³/mol. The molecule has 0 bridgehead atoms. The maximum atomic E-state index is 4.20. The first-order chi connectivity index (χ1) is 7.68. The Kier molecular flexibility index (Phi) is 4.22. The van der Waals surface area contributed by atoms with E-state index >= 15 is 0 Å². The van der Waals surface area contributed by atoms with Crippen molar-refractivity contribution in [2.24, 2.45) is 0 Å². The molecule has 16 heavy (non-hydrogen) atoms.